The maximum absolute atomic E-state index is 12.0. The third kappa shape index (κ3) is 4.47. The van der Waals surface area contributed by atoms with Gasteiger partial charge in [-0.15, -0.1) is 0 Å². The summed E-state index contributed by atoms with van der Waals surface area (Å²) in [7, 11) is 0. The van der Waals surface area contributed by atoms with Crippen LogP contribution in [0.2, 0.25) is 5.02 Å². The summed E-state index contributed by atoms with van der Waals surface area (Å²) in [6.07, 6.45) is 0. The Balaban J connectivity index is 2.07. The van der Waals surface area contributed by atoms with E-state index in [-0.39, 0.29) is 17.9 Å². The summed E-state index contributed by atoms with van der Waals surface area (Å²) in [5.41, 5.74) is 2.04. The Morgan fingerprint density at radius 1 is 1.17 bits per heavy atom. The number of carbonyl (C=O) groups excluding carboxylic acids is 1. The van der Waals surface area contributed by atoms with Gasteiger partial charge in [0.05, 0.1) is 11.3 Å². The van der Waals surface area contributed by atoms with E-state index < -0.39 is 11.9 Å². The number of anilines is 1. The fourth-order valence-corrected chi connectivity index (χ4v) is 2.17. The van der Waals surface area contributed by atoms with Gasteiger partial charge in [0, 0.05) is 5.02 Å². The maximum Gasteiger partial charge on any atom is 0.337 e. The zero-order valence-electron chi connectivity index (χ0n) is 12.7. The molecule has 0 saturated heterocycles. The molecule has 2 aromatic rings. The molecule has 0 radical (unpaired) electrons. The Bertz CT molecular complexity index is 758. The van der Waals surface area contributed by atoms with Crippen molar-refractivity contribution in [2.24, 2.45) is 0 Å². The topological polar surface area (TPSA) is 75.6 Å². The number of halogens is 1. The number of rotatable bonds is 5. The minimum absolute atomic E-state index is 0.0329. The first-order valence-corrected chi connectivity index (χ1v) is 7.27. The fourth-order valence-electron chi connectivity index (χ4n) is 2.00. The lowest BCUT2D eigenvalue weighted by Gasteiger charge is -2.12. The van der Waals surface area contributed by atoms with Gasteiger partial charge in [0.15, 0.2) is 6.61 Å². The van der Waals surface area contributed by atoms with Gasteiger partial charge in [-0.2, -0.15) is 0 Å². The maximum atomic E-state index is 12.0. The highest BCUT2D eigenvalue weighted by Gasteiger charge is 2.13. The van der Waals surface area contributed by atoms with E-state index in [1.807, 2.05) is 32.0 Å². The molecule has 1 amide bonds. The zero-order chi connectivity index (χ0) is 17.0. The minimum Gasteiger partial charge on any atom is -0.483 e. The predicted octanol–water partition coefficient (Wildman–Crippen LogP) is 3.67. The Labute approximate surface area is 138 Å². The van der Waals surface area contributed by atoms with Crippen LogP contribution in [0.25, 0.3) is 0 Å². The third-order valence-electron chi connectivity index (χ3n) is 3.19. The molecule has 0 aliphatic heterocycles. The highest BCUT2D eigenvalue weighted by molar-refractivity contribution is 6.31. The van der Waals surface area contributed by atoms with Gasteiger partial charge < -0.3 is 15.2 Å². The number of ether oxygens (including phenoxy) is 1. The third-order valence-corrected chi connectivity index (χ3v) is 3.42. The molecule has 5 nitrogen and oxygen atoms in total. The van der Waals surface area contributed by atoms with Gasteiger partial charge in [0.1, 0.15) is 5.75 Å². The second kappa shape index (κ2) is 7.15. The molecule has 0 aliphatic rings. The Morgan fingerprint density at radius 3 is 2.61 bits per heavy atom. The summed E-state index contributed by atoms with van der Waals surface area (Å²) >= 11 is 5.84. The molecular weight excluding hydrogens is 318 g/mol. The number of carbonyl (C=O) groups is 2. The van der Waals surface area contributed by atoms with E-state index in [0.29, 0.717) is 10.8 Å². The van der Waals surface area contributed by atoms with Gasteiger partial charge in [-0.3, -0.25) is 4.79 Å². The summed E-state index contributed by atoms with van der Waals surface area (Å²) in [6, 6.07) is 9.88. The Hall–Kier alpha value is -2.53. The van der Waals surface area contributed by atoms with Gasteiger partial charge in [0.2, 0.25) is 0 Å². The summed E-state index contributed by atoms with van der Waals surface area (Å²) in [5, 5.41) is 12.0. The summed E-state index contributed by atoms with van der Waals surface area (Å²) in [6.45, 7) is 3.58. The zero-order valence-corrected chi connectivity index (χ0v) is 13.5. The second-order valence-electron chi connectivity index (χ2n) is 5.10. The van der Waals surface area contributed by atoms with Crippen molar-refractivity contribution < 1.29 is 19.4 Å². The Kier molecular flexibility index (Phi) is 5.24. The molecular formula is C17H16ClNO4. The molecule has 0 atom stereocenters. The van der Waals surface area contributed by atoms with Crippen molar-refractivity contribution in [3.63, 3.8) is 0 Å². The van der Waals surface area contributed by atoms with Crippen LogP contribution in [0.15, 0.2) is 36.4 Å². The number of carboxylic acids is 1. The van der Waals surface area contributed by atoms with E-state index in [1.165, 1.54) is 18.2 Å². The van der Waals surface area contributed by atoms with Crippen molar-refractivity contribution in [3.05, 3.63) is 58.1 Å². The highest BCUT2D eigenvalue weighted by Crippen LogP contribution is 2.22. The molecule has 23 heavy (non-hydrogen) atoms. The van der Waals surface area contributed by atoms with Crippen molar-refractivity contribution in [1.82, 2.24) is 0 Å². The number of carboxylic acid groups (broad SMARTS) is 1. The van der Waals surface area contributed by atoms with E-state index in [2.05, 4.69) is 5.32 Å². The summed E-state index contributed by atoms with van der Waals surface area (Å²) < 4.78 is 5.49. The quantitative estimate of drug-likeness (QED) is 0.875. The second-order valence-corrected chi connectivity index (χ2v) is 5.54. The van der Waals surface area contributed by atoms with Crippen molar-refractivity contribution >= 4 is 29.2 Å². The summed E-state index contributed by atoms with van der Waals surface area (Å²) in [4.78, 5) is 23.1. The number of amides is 1. The van der Waals surface area contributed by atoms with Crippen LogP contribution in [0.5, 0.6) is 5.75 Å². The fraction of sp³-hybridized carbons (Fsp3) is 0.176. The number of hydrogen-bond acceptors (Lipinski definition) is 3. The summed E-state index contributed by atoms with van der Waals surface area (Å²) in [5.74, 6) is -0.993. The number of aryl methyl sites for hydroxylation is 2. The highest BCUT2D eigenvalue weighted by atomic mass is 35.5. The van der Waals surface area contributed by atoms with Crippen LogP contribution in [0.3, 0.4) is 0 Å². The first-order chi connectivity index (χ1) is 10.9. The van der Waals surface area contributed by atoms with Gasteiger partial charge in [-0.25, -0.2) is 4.79 Å². The van der Waals surface area contributed by atoms with Crippen molar-refractivity contribution in [2.45, 2.75) is 13.8 Å². The van der Waals surface area contributed by atoms with Crippen molar-refractivity contribution in [1.29, 1.82) is 0 Å². The molecule has 0 aliphatic carbocycles. The van der Waals surface area contributed by atoms with E-state index in [0.717, 1.165) is 11.1 Å². The van der Waals surface area contributed by atoms with Crippen LogP contribution in [-0.2, 0) is 4.79 Å². The van der Waals surface area contributed by atoms with E-state index in [1.54, 1.807) is 0 Å². The average molecular weight is 334 g/mol. The van der Waals surface area contributed by atoms with Crippen LogP contribution in [0, 0.1) is 13.8 Å². The van der Waals surface area contributed by atoms with Crippen LogP contribution in [0.4, 0.5) is 5.69 Å². The smallest absolute Gasteiger partial charge is 0.337 e. The molecule has 6 heteroatoms. The molecule has 2 aromatic carbocycles. The van der Waals surface area contributed by atoms with E-state index in [4.69, 9.17) is 21.4 Å². The standard InChI is InChI=1S/C17H16ClNO4/c1-10-3-4-11(2)15(7-10)23-9-16(20)19-14-8-12(18)5-6-13(14)17(21)22/h3-8H,9H2,1-2H3,(H,19,20)(H,21,22). The molecule has 2 rings (SSSR count). The average Bonchev–Trinajstić information content (AvgIpc) is 2.48. The molecule has 0 heterocycles. The van der Waals surface area contributed by atoms with Crippen molar-refractivity contribution in [3.8, 4) is 5.75 Å². The molecule has 0 aromatic heterocycles. The van der Waals surface area contributed by atoms with E-state index >= 15 is 0 Å². The first-order valence-electron chi connectivity index (χ1n) is 6.89. The lowest BCUT2D eigenvalue weighted by molar-refractivity contribution is -0.118. The Morgan fingerprint density at radius 2 is 1.91 bits per heavy atom. The molecule has 120 valence electrons. The first kappa shape index (κ1) is 16.8. The monoisotopic (exact) mass is 333 g/mol. The normalized spacial score (nSPS) is 10.2. The molecule has 0 unspecified atom stereocenters. The van der Waals surface area contributed by atoms with E-state index in [9.17, 15) is 9.59 Å². The van der Waals surface area contributed by atoms with Gasteiger partial charge in [0.25, 0.3) is 5.91 Å². The largest absolute Gasteiger partial charge is 0.483 e. The lowest BCUT2D eigenvalue weighted by atomic mass is 10.1. The van der Waals surface area contributed by atoms with Gasteiger partial charge in [-0.05, 0) is 49.2 Å². The SMILES string of the molecule is Cc1ccc(C)c(OCC(=O)Nc2cc(Cl)ccc2C(=O)O)c1. The number of nitrogens with one attached hydrogen (secondary N) is 1. The van der Waals surface area contributed by atoms with Crippen LogP contribution >= 0.6 is 11.6 Å². The van der Waals surface area contributed by atoms with Crippen LogP contribution in [-0.4, -0.2) is 23.6 Å². The van der Waals surface area contributed by atoms with Crippen LogP contribution in [0.1, 0.15) is 21.5 Å². The minimum atomic E-state index is -1.15. The number of hydrogen-bond donors (Lipinski definition) is 2. The molecule has 0 spiro atoms. The van der Waals surface area contributed by atoms with Gasteiger partial charge >= 0.3 is 5.97 Å². The van der Waals surface area contributed by atoms with Gasteiger partial charge in [-0.1, -0.05) is 23.7 Å². The predicted molar refractivity (Wildman–Crippen MR) is 88.5 cm³/mol. The number of aromatic carboxylic acids is 1. The number of benzene rings is 2. The van der Waals surface area contributed by atoms with Crippen molar-refractivity contribution in [2.75, 3.05) is 11.9 Å². The molecule has 0 bridgehead atoms. The molecule has 2 N–H and O–H groups in total. The molecule has 0 saturated carbocycles. The lowest BCUT2D eigenvalue weighted by Crippen LogP contribution is -2.21. The van der Waals surface area contributed by atoms with Crippen LogP contribution < -0.4 is 10.1 Å². The molecule has 0 fully saturated rings.